The first-order valence-corrected chi connectivity index (χ1v) is 6.26. The molecule has 0 amide bonds. The van der Waals surface area contributed by atoms with Crippen molar-refractivity contribution in [3.05, 3.63) is 0 Å². The van der Waals surface area contributed by atoms with Crippen molar-refractivity contribution in [1.29, 1.82) is 0 Å². The summed E-state index contributed by atoms with van der Waals surface area (Å²) in [5, 5.41) is 0. The van der Waals surface area contributed by atoms with Crippen molar-refractivity contribution in [2.75, 3.05) is 0 Å². The van der Waals surface area contributed by atoms with E-state index in [2.05, 4.69) is 11.9 Å². The highest BCUT2D eigenvalue weighted by atomic mass is 14.9. The second kappa shape index (κ2) is 6.83. The third-order valence-corrected chi connectivity index (χ3v) is 3.02. The Morgan fingerprint density at radius 1 is 1.40 bits per heavy atom. The molecule has 0 fully saturated rings. The summed E-state index contributed by atoms with van der Waals surface area (Å²) in [6, 6.07) is 0.827. The summed E-state index contributed by atoms with van der Waals surface area (Å²) in [4.78, 5) is 4.56. The Bertz CT molecular complexity index is 199. The second-order valence-corrected chi connectivity index (χ2v) is 4.78. The molecule has 0 aromatic carbocycles. The van der Waals surface area contributed by atoms with Crippen LogP contribution in [0.5, 0.6) is 0 Å². The topological polar surface area (TPSA) is 64.4 Å². The molecule has 0 aromatic rings. The van der Waals surface area contributed by atoms with E-state index in [9.17, 15) is 0 Å². The number of nitrogens with two attached hydrogens (primary N) is 2. The van der Waals surface area contributed by atoms with Gasteiger partial charge in [0, 0.05) is 12.5 Å². The van der Waals surface area contributed by atoms with E-state index in [1.165, 1.54) is 38.5 Å². The van der Waals surface area contributed by atoms with Gasteiger partial charge in [-0.25, -0.2) is 0 Å². The van der Waals surface area contributed by atoms with Gasteiger partial charge in [-0.05, 0) is 32.6 Å². The maximum Gasteiger partial charge on any atom is 0.0940 e. The van der Waals surface area contributed by atoms with E-state index in [-0.39, 0.29) is 0 Å². The first-order valence-electron chi connectivity index (χ1n) is 6.26. The van der Waals surface area contributed by atoms with Crippen molar-refractivity contribution >= 4 is 5.84 Å². The molecular formula is C12H25N3. The number of nitrogens with zero attached hydrogens (tertiary/aromatic N) is 1. The molecule has 0 saturated heterocycles. The fraction of sp³-hybridized carbons (Fsp3) is 0.917. The van der Waals surface area contributed by atoms with Gasteiger partial charge in [-0.1, -0.05) is 19.3 Å². The molecule has 3 nitrogen and oxygen atoms in total. The number of rotatable bonds is 5. The number of hydrogen-bond donors (Lipinski definition) is 2. The first-order chi connectivity index (χ1) is 7.18. The van der Waals surface area contributed by atoms with Crippen molar-refractivity contribution in [3.8, 4) is 0 Å². The van der Waals surface area contributed by atoms with Gasteiger partial charge in [0.1, 0.15) is 0 Å². The molecule has 0 saturated carbocycles. The van der Waals surface area contributed by atoms with Gasteiger partial charge < -0.3 is 11.5 Å². The van der Waals surface area contributed by atoms with Gasteiger partial charge in [0.25, 0.3) is 0 Å². The minimum absolute atomic E-state index is 0.340. The predicted molar refractivity (Wildman–Crippen MR) is 66.0 cm³/mol. The number of aliphatic imine (C=N–C) groups is 1. The minimum atomic E-state index is 0.340. The molecule has 0 aromatic heterocycles. The summed E-state index contributed by atoms with van der Waals surface area (Å²) in [6.07, 6.45) is 9.49. The fourth-order valence-corrected chi connectivity index (χ4v) is 2.10. The molecule has 1 rings (SSSR count). The van der Waals surface area contributed by atoms with Crippen LogP contribution >= 0.6 is 0 Å². The molecule has 0 bridgehead atoms. The van der Waals surface area contributed by atoms with Crippen LogP contribution in [-0.2, 0) is 0 Å². The summed E-state index contributed by atoms with van der Waals surface area (Å²) < 4.78 is 0. The van der Waals surface area contributed by atoms with Crippen molar-refractivity contribution in [2.24, 2.45) is 16.5 Å². The zero-order chi connectivity index (χ0) is 11.1. The van der Waals surface area contributed by atoms with E-state index in [4.69, 9.17) is 11.5 Å². The first kappa shape index (κ1) is 12.5. The molecule has 0 radical (unpaired) electrons. The lowest BCUT2D eigenvalue weighted by atomic mass is 10.0. The predicted octanol–water partition coefficient (Wildman–Crippen LogP) is 2.19. The third-order valence-electron chi connectivity index (χ3n) is 3.02. The number of amidine groups is 1. The molecule has 0 spiro atoms. The van der Waals surface area contributed by atoms with Crippen molar-refractivity contribution < 1.29 is 0 Å². The van der Waals surface area contributed by atoms with Gasteiger partial charge in [-0.2, -0.15) is 0 Å². The highest BCUT2D eigenvalue weighted by molar-refractivity contribution is 5.80. The molecule has 1 heterocycles. The van der Waals surface area contributed by atoms with Gasteiger partial charge in [0.2, 0.25) is 0 Å². The van der Waals surface area contributed by atoms with Gasteiger partial charge in [-0.3, -0.25) is 4.99 Å². The summed E-state index contributed by atoms with van der Waals surface area (Å²) in [6.45, 7) is 2.07. The highest BCUT2D eigenvalue weighted by Crippen LogP contribution is 2.17. The molecule has 15 heavy (non-hydrogen) atoms. The molecule has 0 aliphatic carbocycles. The zero-order valence-electron chi connectivity index (χ0n) is 9.91. The molecule has 0 unspecified atom stereocenters. The SMILES string of the molecule is C[C@H](N)CCCC[C@@H]1CCCCC(N)=N1. The standard InChI is InChI=1S/C12H25N3/c1-10(13)6-2-3-7-11-8-4-5-9-12(14)15-11/h10-11H,2-9,13H2,1H3,(H2,14,15)/t10-,11+/m0/s1. The Morgan fingerprint density at radius 3 is 2.93 bits per heavy atom. The summed E-state index contributed by atoms with van der Waals surface area (Å²) in [5.41, 5.74) is 11.5. The highest BCUT2D eigenvalue weighted by Gasteiger charge is 2.11. The lowest BCUT2D eigenvalue weighted by Crippen LogP contribution is -2.15. The van der Waals surface area contributed by atoms with Crippen LogP contribution in [0.1, 0.15) is 58.3 Å². The van der Waals surface area contributed by atoms with Crippen LogP contribution in [0.4, 0.5) is 0 Å². The molecule has 4 N–H and O–H groups in total. The van der Waals surface area contributed by atoms with Crippen LogP contribution in [0.3, 0.4) is 0 Å². The normalized spacial score (nSPS) is 24.4. The van der Waals surface area contributed by atoms with Crippen molar-refractivity contribution in [2.45, 2.75) is 70.4 Å². The summed E-state index contributed by atoms with van der Waals surface area (Å²) >= 11 is 0. The van der Waals surface area contributed by atoms with Crippen LogP contribution < -0.4 is 11.5 Å². The Balaban J connectivity index is 2.16. The average Bonchev–Trinajstić information content (AvgIpc) is 2.37. The maximum atomic E-state index is 5.81. The molecule has 2 atom stereocenters. The van der Waals surface area contributed by atoms with Gasteiger partial charge in [-0.15, -0.1) is 0 Å². The molecular weight excluding hydrogens is 186 g/mol. The van der Waals surface area contributed by atoms with Crippen molar-refractivity contribution in [1.82, 2.24) is 0 Å². The Morgan fingerprint density at radius 2 is 2.20 bits per heavy atom. The fourth-order valence-electron chi connectivity index (χ4n) is 2.10. The molecule has 88 valence electrons. The van der Waals surface area contributed by atoms with E-state index in [0.29, 0.717) is 12.1 Å². The van der Waals surface area contributed by atoms with E-state index in [1.807, 2.05) is 0 Å². The number of unbranched alkanes of at least 4 members (excludes halogenated alkanes) is 1. The van der Waals surface area contributed by atoms with Crippen LogP contribution in [-0.4, -0.2) is 17.9 Å². The van der Waals surface area contributed by atoms with Crippen LogP contribution in [0.25, 0.3) is 0 Å². The van der Waals surface area contributed by atoms with Gasteiger partial charge >= 0.3 is 0 Å². The summed E-state index contributed by atoms with van der Waals surface area (Å²) in [5.74, 6) is 0.865. The maximum absolute atomic E-state index is 5.81. The average molecular weight is 211 g/mol. The molecule has 3 heteroatoms. The Hall–Kier alpha value is -0.570. The van der Waals surface area contributed by atoms with Gasteiger partial charge in [0.15, 0.2) is 0 Å². The van der Waals surface area contributed by atoms with Crippen LogP contribution in [0.2, 0.25) is 0 Å². The largest absolute Gasteiger partial charge is 0.387 e. The number of hydrogen-bond acceptors (Lipinski definition) is 3. The minimum Gasteiger partial charge on any atom is -0.387 e. The quantitative estimate of drug-likeness (QED) is 0.685. The van der Waals surface area contributed by atoms with Crippen LogP contribution in [0, 0.1) is 0 Å². The van der Waals surface area contributed by atoms with Gasteiger partial charge in [0.05, 0.1) is 11.9 Å². The monoisotopic (exact) mass is 211 g/mol. The lowest BCUT2D eigenvalue weighted by Gasteiger charge is -2.11. The van der Waals surface area contributed by atoms with Crippen molar-refractivity contribution in [3.63, 3.8) is 0 Å². The smallest absolute Gasteiger partial charge is 0.0940 e. The molecule has 1 aliphatic heterocycles. The van der Waals surface area contributed by atoms with E-state index >= 15 is 0 Å². The Kier molecular flexibility index (Phi) is 5.69. The van der Waals surface area contributed by atoms with Crippen LogP contribution in [0.15, 0.2) is 4.99 Å². The second-order valence-electron chi connectivity index (χ2n) is 4.78. The van der Waals surface area contributed by atoms with E-state index < -0.39 is 0 Å². The Labute approximate surface area is 93.3 Å². The molecule has 1 aliphatic rings. The lowest BCUT2D eigenvalue weighted by molar-refractivity contribution is 0.502. The third kappa shape index (κ3) is 5.78. The van der Waals surface area contributed by atoms with E-state index in [1.54, 1.807) is 0 Å². The zero-order valence-corrected chi connectivity index (χ0v) is 9.91. The summed E-state index contributed by atoms with van der Waals surface area (Å²) in [7, 11) is 0. The van der Waals surface area contributed by atoms with E-state index in [0.717, 1.165) is 18.7 Å².